The summed E-state index contributed by atoms with van der Waals surface area (Å²) in [7, 11) is -2.41. The minimum atomic E-state index is -4.69. The molecule has 0 amide bonds. The van der Waals surface area contributed by atoms with Crippen LogP contribution in [0.2, 0.25) is 5.02 Å². The Kier molecular flexibility index (Phi) is 4.70. The number of rotatable bonds is 4. The molecule has 3 aromatic heterocycles. The minimum Gasteiger partial charge on any atom is -0.277 e. The number of benzene rings is 1. The van der Waals surface area contributed by atoms with Crippen molar-refractivity contribution in [2.45, 2.75) is 11.1 Å². The molecular formula is C17H12ClF3N6O2S. The third-order valence-corrected chi connectivity index (χ3v) is 5.88. The molecule has 4 rings (SSSR count). The molecule has 0 fully saturated rings. The molecule has 0 bridgehead atoms. The van der Waals surface area contributed by atoms with Crippen LogP contribution in [-0.4, -0.2) is 33.0 Å². The van der Waals surface area contributed by atoms with Crippen molar-refractivity contribution < 1.29 is 21.6 Å². The van der Waals surface area contributed by atoms with Crippen LogP contribution < -0.4 is 4.72 Å². The number of fused-ring (bicyclic) bond motifs is 1. The van der Waals surface area contributed by atoms with E-state index < -0.39 is 26.8 Å². The number of hydrogen-bond donors (Lipinski definition) is 1. The van der Waals surface area contributed by atoms with E-state index in [4.69, 9.17) is 11.6 Å². The first-order chi connectivity index (χ1) is 14.1. The number of halogens is 4. The van der Waals surface area contributed by atoms with Gasteiger partial charge >= 0.3 is 6.18 Å². The summed E-state index contributed by atoms with van der Waals surface area (Å²) in [5.41, 5.74) is -0.234. The highest BCUT2D eigenvalue weighted by Gasteiger charge is 2.34. The number of aromatic nitrogens is 5. The predicted molar refractivity (Wildman–Crippen MR) is 103 cm³/mol. The van der Waals surface area contributed by atoms with Gasteiger partial charge in [-0.15, -0.1) is 0 Å². The van der Waals surface area contributed by atoms with Crippen molar-refractivity contribution >= 4 is 38.2 Å². The molecular weight excluding hydrogens is 445 g/mol. The molecule has 0 saturated heterocycles. The smallest absolute Gasteiger partial charge is 0.277 e. The van der Waals surface area contributed by atoms with Crippen molar-refractivity contribution in [1.29, 1.82) is 0 Å². The molecule has 3 heterocycles. The van der Waals surface area contributed by atoms with Gasteiger partial charge < -0.3 is 0 Å². The van der Waals surface area contributed by atoms with E-state index >= 15 is 0 Å². The molecule has 0 aliphatic rings. The monoisotopic (exact) mass is 456 g/mol. The van der Waals surface area contributed by atoms with Gasteiger partial charge in [0.15, 0.2) is 5.82 Å². The Hall–Kier alpha value is -3.12. The Morgan fingerprint density at radius 1 is 1.13 bits per heavy atom. The van der Waals surface area contributed by atoms with Crippen LogP contribution in [0.25, 0.3) is 16.7 Å². The number of para-hydroxylation sites is 1. The van der Waals surface area contributed by atoms with Gasteiger partial charge in [-0.2, -0.15) is 23.4 Å². The van der Waals surface area contributed by atoms with Crippen molar-refractivity contribution in [2.75, 3.05) is 4.72 Å². The minimum absolute atomic E-state index is 0.234. The summed E-state index contributed by atoms with van der Waals surface area (Å²) in [5, 5.41) is 8.08. The van der Waals surface area contributed by atoms with Crippen molar-refractivity contribution in [2.24, 2.45) is 7.05 Å². The second kappa shape index (κ2) is 6.99. The maximum atomic E-state index is 13.1. The Morgan fingerprint density at radius 3 is 2.63 bits per heavy atom. The number of nitrogens with zero attached hydrogens (tertiary/aromatic N) is 5. The number of nitrogens with one attached hydrogen (secondary N) is 1. The first kappa shape index (κ1) is 20.2. The van der Waals surface area contributed by atoms with Gasteiger partial charge in [-0.1, -0.05) is 23.7 Å². The third kappa shape index (κ3) is 3.59. The average molecular weight is 457 g/mol. The molecule has 0 saturated carbocycles. The van der Waals surface area contributed by atoms with Crippen LogP contribution in [0.3, 0.4) is 0 Å². The molecule has 0 aliphatic carbocycles. The number of pyridine rings is 1. The van der Waals surface area contributed by atoms with Gasteiger partial charge in [0.2, 0.25) is 0 Å². The summed E-state index contributed by atoms with van der Waals surface area (Å²) in [5.74, 6) is -0.234. The van der Waals surface area contributed by atoms with Gasteiger partial charge in [0.05, 0.1) is 40.4 Å². The van der Waals surface area contributed by atoms with Gasteiger partial charge in [0.1, 0.15) is 4.90 Å². The fourth-order valence-corrected chi connectivity index (χ4v) is 4.07. The SMILES string of the molecule is Cn1ncc2cccc(NS(=O)(=O)c3cnn(-c4cc(C(F)(F)F)c(Cl)cn4)c3)c21. The fourth-order valence-electron chi connectivity index (χ4n) is 2.86. The molecule has 1 aromatic carbocycles. The summed E-state index contributed by atoms with van der Waals surface area (Å²) in [6.07, 6.45) is -0.204. The molecule has 4 aromatic rings. The van der Waals surface area contributed by atoms with E-state index in [0.717, 1.165) is 28.7 Å². The maximum Gasteiger partial charge on any atom is 0.418 e. The third-order valence-electron chi connectivity index (χ3n) is 4.26. The van der Waals surface area contributed by atoms with E-state index in [9.17, 15) is 21.6 Å². The summed E-state index contributed by atoms with van der Waals surface area (Å²) < 4.78 is 69.6. The van der Waals surface area contributed by atoms with E-state index in [0.29, 0.717) is 17.3 Å². The van der Waals surface area contributed by atoms with Crippen molar-refractivity contribution in [3.63, 3.8) is 0 Å². The van der Waals surface area contributed by atoms with Crippen LogP contribution in [0.4, 0.5) is 18.9 Å². The quantitative estimate of drug-likeness (QED) is 0.506. The average Bonchev–Trinajstić information content (AvgIpc) is 3.30. The Balaban J connectivity index is 1.69. The van der Waals surface area contributed by atoms with Crippen LogP contribution in [0.1, 0.15) is 5.56 Å². The Labute approximate surface area is 173 Å². The lowest BCUT2D eigenvalue weighted by Gasteiger charge is -2.10. The number of sulfonamides is 1. The maximum absolute atomic E-state index is 13.1. The molecule has 156 valence electrons. The van der Waals surface area contributed by atoms with Gasteiger partial charge in [-0.3, -0.25) is 9.40 Å². The normalized spacial score (nSPS) is 12.4. The topological polar surface area (TPSA) is 94.7 Å². The van der Waals surface area contributed by atoms with E-state index in [2.05, 4.69) is 19.9 Å². The lowest BCUT2D eigenvalue weighted by Crippen LogP contribution is -2.13. The highest BCUT2D eigenvalue weighted by atomic mass is 35.5. The molecule has 0 radical (unpaired) electrons. The summed E-state index contributed by atoms with van der Waals surface area (Å²) >= 11 is 5.56. The van der Waals surface area contributed by atoms with Crippen LogP contribution in [0.5, 0.6) is 0 Å². The van der Waals surface area contributed by atoms with Gasteiger partial charge in [-0.05, 0) is 12.1 Å². The molecule has 0 aliphatic heterocycles. The van der Waals surface area contributed by atoms with Crippen molar-refractivity contribution in [3.8, 4) is 5.82 Å². The second-order valence-corrected chi connectivity index (χ2v) is 8.35. The van der Waals surface area contributed by atoms with E-state index in [1.807, 2.05) is 0 Å². The lowest BCUT2D eigenvalue weighted by molar-refractivity contribution is -0.137. The first-order valence-electron chi connectivity index (χ1n) is 8.27. The van der Waals surface area contributed by atoms with Gasteiger partial charge in [0.25, 0.3) is 10.0 Å². The van der Waals surface area contributed by atoms with Gasteiger partial charge in [-0.25, -0.2) is 18.1 Å². The molecule has 1 N–H and O–H groups in total. The molecule has 0 unspecified atom stereocenters. The summed E-state index contributed by atoms with van der Waals surface area (Å²) in [6.45, 7) is 0. The largest absolute Gasteiger partial charge is 0.418 e. The van der Waals surface area contributed by atoms with Crippen LogP contribution >= 0.6 is 11.6 Å². The highest BCUT2D eigenvalue weighted by molar-refractivity contribution is 7.92. The molecule has 0 spiro atoms. The molecule has 0 atom stereocenters. The Morgan fingerprint density at radius 2 is 1.90 bits per heavy atom. The summed E-state index contributed by atoms with van der Waals surface area (Å²) in [6, 6.07) is 5.71. The lowest BCUT2D eigenvalue weighted by atomic mass is 10.2. The van der Waals surface area contributed by atoms with E-state index in [1.165, 1.54) is 4.68 Å². The number of aryl methyl sites for hydroxylation is 1. The number of hydrogen-bond acceptors (Lipinski definition) is 5. The molecule has 8 nitrogen and oxygen atoms in total. The van der Waals surface area contributed by atoms with Crippen LogP contribution in [-0.2, 0) is 23.2 Å². The Bertz CT molecular complexity index is 1360. The van der Waals surface area contributed by atoms with Crippen LogP contribution in [0.15, 0.2) is 53.9 Å². The van der Waals surface area contributed by atoms with Gasteiger partial charge in [0, 0.05) is 18.6 Å². The van der Waals surface area contributed by atoms with Crippen molar-refractivity contribution in [3.05, 3.63) is 59.6 Å². The predicted octanol–water partition coefficient (Wildman–Crippen LogP) is 3.63. The van der Waals surface area contributed by atoms with Crippen molar-refractivity contribution in [1.82, 2.24) is 24.5 Å². The van der Waals surface area contributed by atoms with E-state index in [-0.39, 0.29) is 10.7 Å². The second-order valence-electron chi connectivity index (χ2n) is 6.26. The van der Waals surface area contributed by atoms with E-state index in [1.54, 1.807) is 31.4 Å². The summed E-state index contributed by atoms with van der Waals surface area (Å²) in [4.78, 5) is 3.53. The molecule has 13 heteroatoms. The number of anilines is 1. The zero-order valence-electron chi connectivity index (χ0n) is 15.1. The highest BCUT2D eigenvalue weighted by Crippen LogP contribution is 2.35. The zero-order chi connectivity index (χ0) is 21.7. The molecule has 30 heavy (non-hydrogen) atoms. The zero-order valence-corrected chi connectivity index (χ0v) is 16.7. The number of alkyl halides is 3. The first-order valence-corrected chi connectivity index (χ1v) is 10.1. The standard InChI is InChI=1S/C17H12ClF3N6O2S/c1-26-16-10(6-23-26)3-2-4-14(16)25-30(28,29)11-7-24-27(9-11)15-5-12(17(19,20)21)13(18)8-22-15/h2-9,25H,1H3. The fraction of sp³-hybridized carbons (Fsp3) is 0.118. The van der Waals surface area contributed by atoms with Crippen LogP contribution in [0, 0.1) is 0 Å².